The number of methoxy groups -OCH3 is 1. The lowest BCUT2D eigenvalue weighted by atomic mass is 9.85. The lowest BCUT2D eigenvalue weighted by molar-refractivity contribution is -0.150. The summed E-state index contributed by atoms with van der Waals surface area (Å²) >= 11 is 0. The maximum atomic E-state index is 14.0. The van der Waals surface area contributed by atoms with E-state index in [4.69, 9.17) is 9.47 Å². The minimum atomic E-state index is -1.11. The van der Waals surface area contributed by atoms with Crippen molar-refractivity contribution in [2.75, 3.05) is 20.3 Å². The molecular formula is C32H42N2O6. The van der Waals surface area contributed by atoms with Crippen LogP contribution in [-0.4, -0.2) is 60.3 Å². The van der Waals surface area contributed by atoms with Gasteiger partial charge < -0.3 is 24.8 Å². The Bertz CT molecular complexity index is 1250. The topological polar surface area (TPSA) is 105 Å². The van der Waals surface area contributed by atoms with Crippen molar-refractivity contribution in [1.82, 2.24) is 10.2 Å². The molecule has 2 aromatic rings. The van der Waals surface area contributed by atoms with Gasteiger partial charge in [-0.05, 0) is 52.3 Å². The molecule has 2 N–H and O–H groups in total. The number of hydrogen-bond donors (Lipinski definition) is 2. The number of carboxylic acid groups (broad SMARTS) is 1. The van der Waals surface area contributed by atoms with Crippen molar-refractivity contribution in [2.24, 2.45) is 10.8 Å². The van der Waals surface area contributed by atoms with Gasteiger partial charge in [-0.15, -0.1) is 0 Å². The number of aryl methyl sites for hydroxylation is 1. The number of fused-ring (bicyclic) bond motifs is 11. The van der Waals surface area contributed by atoms with Crippen LogP contribution < -0.4 is 5.32 Å². The van der Waals surface area contributed by atoms with Gasteiger partial charge in [0, 0.05) is 13.5 Å². The lowest BCUT2D eigenvalue weighted by Gasteiger charge is -2.35. The lowest BCUT2D eigenvalue weighted by Crippen LogP contribution is -2.57. The molecule has 3 aliphatic rings. The average molecular weight is 551 g/mol. The number of hydrogen-bond acceptors (Lipinski definition) is 5. The minimum Gasteiger partial charge on any atom is -0.480 e. The smallest absolute Gasteiger partial charge is 0.407 e. The highest BCUT2D eigenvalue weighted by molar-refractivity contribution is 5.90. The number of nitrogens with one attached hydrogen (secondary N) is 1. The summed E-state index contributed by atoms with van der Waals surface area (Å²) in [5.74, 6) is -1.59. The van der Waals surface area contributed by atoms with Crippen molar-refractivity contribution >= 4 is 18.0 Å². The Labute approximate surface area is 237 Å². The largest absolute Gasteiger partial charge is 0.480 e. The fourth-order valence-electron chi connectivity index (χ4n) is 5.84. The van der Waals surface area contributed by atoms with Gasteiger partial charge in [0.15, 0.2) is 0 Å². The van der Waals surface area contributed by atoms with E-state index in [0.29, 0.717) is 0 Å². The Morgan fingerprint density at radius 1 is 1.10 bits per heavy atom. The molecule has 3 aliphatic heterocycles. The van der Waals surface area contributed by atoms with Crippen molar-refractivity contribution < 1.29 is 29.0 Å². The molecule has 0 saturated carbocycles. The van der Waals surface area contributed by atoms with Crippen molar-refractivity contribution in [1.29, 1.82) is 0 Å². The van der Waals surface area contributed by atoms with Crippen molar-refractivity contribution in [2.45, 2.75) is 78.0 Å². The minimum absolute atomic E-state index is 0.0472. The molecular weight excluding hydrogens is 508 g/mol. The molecule has 0 spiro atoms. The van der Waals surface area contributed by atoms with E-state index >= 15 is 0 Å². The highest BCUT2D eigenvalue weighted by Gasteiger charge is 2.52. The second-order valence-corrected chi connectivity index (χ2v) is 13.0. The Morgan fingerprint density at radius 2 is 1.77 bits per heavy atom. The standard InChI is InChI=1S/C32H42N2O6/c1-30(2,3)26-27(35)34-19-32(39-6,18-25(34)28(36)37)23-15-13-22(14-16-23)24-12-8-7-10-21(24)11-9-17-31(4,5)20-40-29(38)33-26/h7-8,10,12-16,25-26H,9,11,17-20H2,1-6H3,(H,33,38)(H,36,37)/t25-,26+,32-/m0/s1. The van der Waals surface area contributed by atoms with Gasteiger partial charge >= 0.3 is 12.1 Å². The number of alkyl carbamates (subject to hydrolysis) is 1. The summed E-state index contributed by atoms with van der Waals surface area (Å²) in [5, 5.41) is 12.9. The van der Waals surface area contributed by atoms with Crippen LogP contribution in [0.5, 0.6) is 0 Å². The first-order valence-electron chi connectivity index (χ1n) is 14.0. The van der Waals surface area contributed by atoms with E-state index < -0.39 is 41.1 Å². The molecule has 0 aliphatic carbocycles. The average Bonchev–Trinajstić information content (AvgIpc) is 3.31. The van der Waals surface area contributed by atoms with Crippen LogP contribution >= 0.6 is 0 Å². The van der Waals surface area contributed by atoms with Crippen LogP contribution in [0.1, 0.15) is 65.0 Å². The molecule has 5 rings (SSSR count). The summed E-state index contributed by atoms with van der Waals surface area (Å²) in [6, 6.07) is 14.2. The van der Waals surface area contributed by atoms with Crippen LogP contribution in [-0.2, 0) is 31.1 Å². The SMILES string of the molecule is CO[C@@]12C[C@@H](C(=O)O)N(C1)C(=O)[C@H](C(C)(C)C)NC(=O)OCC(C)(C)CCCc1ccccc1-c1ccc2cc1. The zero-order valence-electron chi connectivity index (χ0n) is 24.5. The van der Waals surface area contributed by atoms with Crippen LogP contribution in [0.25, 0.3) is 11.1 Å². The first-order valence-corrected chi connectivity index (χ1v) is 14.0. The van der Waals surface area contributed by atoms with Gasteiger partial charge in [-0.25, -0.2) is 9.59 Å². The highest BCUT2D eigenvalue weighted by atomic mass is 16.5. The summed E-state index contributed by atoms with van der Waals surface area (Å²) in [5.41, 5.74) is 2.28. The van der Waals surface area contributed by atoms with E-state index in [2.05, 4.69) is 31.3 Å². The normalized spacial score (nSPS) is 25.7. The van der Waals surface area contributed by atoms with Crippen LogP contribution in [0.3, 0.4) is 0 Å². The zero-order chi connectivity index (χ0) is 29.3. The second kappa shape index (κ2) is 11.2. The number of carbonyl (C=O) groups excluding carboxylic acids is 2. The Balaban J connectivity index is 1.79. The molecule has 8 heteroatoms. The molecule has 3 atom stereocenters. The van der Waals surface area contributed by atoms with Gasteiger partial charge in [0.05, 0.1) is 13.2 Å². The van der Waals surface area contributed by atoms with E-state index in [1.54, 1.807) is 7.11 Å². The van der Waals surface area contributed by atoms with Gasteiger partial charge in [0.2, 0.25) is 5.91 Å². The molecule has 2 aromatic carbocycles. The number of benzene rings is 2. The highest BCUT2D eigenvalue weighted by Crippen LogP contribution is 2.41. The number of amides is 2. The monoisotopic (exact) mass is 550 g/mol. The van der Waals surface area contributed by atoms with E-state index in [0.717, 1.165) is 36.0 Å². The fraction of sp³-hybridized carbons (Fsp3) is 0.531. The molecule has 216 valence electrons. The van der Waals surface area contributed by atoms with E-state index in [1.807, 2.05) is 57.2 Å². The molecule has 1 saturated heterocycles. The van der Waals surface area contributed by atoms with Crippen LogP contribution in [0.2, 0.25) is 0 Å². The number of nitrogens with zero attached hydrogens (tertiary/aromatic N) is 1. The van der Waals surface area contributed by atoms with Gasteiger partial charge in [-0.1, -0.05) is 83.1 Å². The second-order valence-electron chi connectivity index (χ2n) is 13.0. The third-order valence-corrected chi connectivity index (χ3v) is 8.29. The molecule has 0 aromatic heterocycles. The summed E-state index contributed by atoms with van der Waals surface area (Å²) in [4.78, 5) is 40.7. The van der Waals surface area contributed by atoms with Crippen molar-refractivity contribution in [3.63, 3.8) is 0 Å². The maximum Gasteiger partial charge on any atom is 0.407 e. The van der Waals surface area contributed by atoms with E-state index in [-0.39, 0.29) is 25.0 Å². The Kier molecular flexibility index (Phi) is 8.31. The summed E-state index contributed by atoms with van der Waals surface area (Å²) in [6.45, 7) is 9.87. The third kappa shape index (κ3) is 6.17. The summed E-state index contributed by atoms with van der Waals surface area (Å²) in [6.07, 6.45) is 2.05. The molecule has 2 amide bonds. The molecule has 1 fully saturated rings. The number of carboxylic acids is 1. The third-order valence-electron chi connectivity index (χ3n) is 8.29. The first kappa shape index (κ1) is 29.6. The Hall–Kier alpha value is -3.39. The van der Waals surface area contributed by atoms with Crippen LogP contribution in [0.15, 0.2) is 48.5 Å². The summed E-state index contributed by atoms with van der Waals surface area (Å²) < 4.78 is 11.6. The molecule has 3 heterocycles. The predicted octanol–water partition coefficient (Wildman–Crippen LogP) is 5.38. The maximum absolute atomic E-state index is 14.0. The zero-order valence-corrected chi connectivity index (χ0v) is 24.5. The van der Waals surface area contributed by atoms with Crippen molar-refractivity contribution in [3.8, 4) is 11.1 Å². The van der Waals surface area contributed by atoms with Gasteiger partial charge in [-0.2, -0.15) is 0 Å². The first-order chi connectivity index (χ1) is 18.8. The van der Waals surface area contributed by atoms with Crippen molar-refractivity contribution in [3.05, 3.63) is 59.7 Å². The molecule has 0 unspecified atom stereocenters. The molecule has 4 bridgehead atoms. The Morgan fingerprint density at radius 3 is 2.40 bits per heavy atom. The molecule has 0 radical (unpaired) electrons. The van der Waals surface area contributed by atoms with E-state index in [9.17, 15) is 19.5 Å². The van der Waals surface area contributed by atoms with E-state index in [1.165, 1.54) is 10.5 Å². The molecule has 40 heavy (non-hydrogen) atoms. The molecule has 8 nitrogen and oxygen atoms in total. The number of ether oxygens (including phenoxy) is 2. The van der Waals surface area contributed by atoms with Gasteiger partial charge in [0.1, 0.15) is 17.7 Å². The number of rotatable bonds is 2. The van der Waals surface area contributed by atoms with Gasteiger partial charge in [-0.3, -0.25) is 4.79 Å². The number of carbonyl (C=O) groups is 3. The van der Waals surface area contributed by atoms with Crippen LogP contribution in [0.4, 0.5) is 4.79 Å². The summed E-state index contributed by atoms with van der Waals surface area (Å²) in [7, 11) is 1.55. The fourth-order valence-corrected chi connectivity index (χ4v) is 5.84. The number of aliphatic carboxylic acids is 1. The van der Waals surface area contributed by atoms with Gasteiger partial charge in [0.25, 0.3) is 0 Å². The predicted molar refractivity (Wildman–Crippen MR) is 153 cm³/mol. The van der Waals surface area contributed by atoms with Crippen LogP contribution in [0, 0.1) is 10.8 Å². The quantitative estimate of drug-likeness (QED) is 0.520.